The summed E-state index contributed by atoms with van der Waals surface area (Å²) in [5.41, 5.74) is 0. The molecule has 0 aliphatic carbocycles. The van der Waals surface area contributed by atoms with Gasteiger partial charge in [-0.3, -0.25) is 14.4 Å². The molecule has 0 radical (unpaired) electrons. The Balaban J connectivity index is 4.20. The average Bonchev–Trinajstić information content (AvgIpc) is 3.45. The summed E-state index contributed by atoms with van der Waals surface area (Å²) in [5.74, 6) is -0.851. The second-order valence-electron chi connectivity index (χ2n) is 24.5. The monoisotopic (exact) mass is 1110 g/mol. The van der Waals surface area contributed by atoms with Crippen LogP contribution in [0.2, 0.25) is 0 Å². The molecule has 0 aromatic rings. The van der Waals surface area contributed by atoms with E-state index in [-0.39, 0.29) is 31.1 Å². The first kappa shape index (κ1) is 76.9. The molecular formula is C73H138O6. The van der Waals surface area contributed by atoms with Gasteiger partial charge in [0.25, 0.3) is 0 Å². The molecule has 0 aliphatic rings. The third-order valence-electron chi connectivity index (χ3n) is 16.5. The standard InChI is InChI=1S/C73H138O6/c1-4-7-10-13-16-19-22-25-28-30-32-34-35-36-37-38-39-40-42-43-45-48-51-54-57-60-63-66-72(75)78-69-70(68-77-71(74)65-62-59-56-53-50-47-27-24-21-18-15-12-9-6-3)79-73(76)67-64-61-58-55-52-49-46-44-41-33-31-29-26-23-20-17-14-11-8-5-2/h15,18,24,27,70H,4-14,16-17,19-23,25-26,28-69H2,1-3H3/b18-15-,27-24-. The molecule has 0 aliphatic heterocycles. The van der Waals surface area contributed by atoms with Crippen molar-refractivity contribution in [2.45, 2.75) is 412 Å². The lowest BCUT2D eigenvalue weighted by Crippen LogP contribution is -2.30. The highest BCUT2D eigenvalue weighted by Crippen LogP contribution is 2.19. The molecule has 0 amide bonds. The van der Waals surface area contributed by atoms with Crippen LogP contribution >= 0.6 is 0 Å². The fraction of sp³-hybridized carbons (Fsp3) is 0.904. The van der Waals surface area contributed by atoms with Crippen LogP contribution in [0.3, 0.4) is 0 Å². The van der Waals surface area contributed by atoms with E-state index in [9.17, 15) is 14.4 Å². The van der Waals surface area contributed by atoms with Crippen molar-refractivity contribution in [1.29, 1.82) is 0 Å². The molecule has 0 bridgehead atoms. The number of hydrogen-bond acceptors (Lipinski definition) is 6. The first-order valence-corrected chi connectivity index (χ1v) is 35.8. The molecule has 1 atom stereocenters. The first-order chi connectivity index (χ1) is 39.0. The number of unbranched alkanes of at least 4 members (excludes halogenated alkanes) is 52. The summed E-state index contributed by atoms with van der Waals surface area (Å²) < 4.78 is 17.0. The number of carbonyl (C=O) groups excluding carboxylic acids is 3. The Bertz CT molecular complexity index is 1270. The Hall–Kier alpha value is -2.11. The summed E-state index contributed by atoms with van der Waals surface area (Å²) in [6, 6.07) is 0. The minimum atomic E-state index is -0.774. The molecule has 0 aromatic heterocycles. The SMILES string of the molecule is CCCC/C=C\C/C=C\CCCCCCCC(=O)OCC(COC(=O)CCCCCCCCCCCCCCCCCCCCCCCCCCCCC)OC(=O)CCCCCCCCCCCCCCCCCCCCCC. The molecule has 79 heavy (non-hydrogen) atoms. The molecule has 0 saturated heterocycles. The topological polar surface area (TPSA) is 78.9 Å². The van der Waals surface area contributed by atoms with Crippen LogP contribution in [0, 0.1) is 0 Å². The smallest absolute Gasteiger partial charge is 0.306 e. The summed E-state index contributed by atoms with van der Waals surface area (Å²) in [7, 11) is 0. The van der Waals surface area contributed by atoms with Gasteiger partial charge in [-0.2, -0.15) is 0 Å². The summed E-state index contributed by atoms with van der Waals surface area (Å²) in [6.45, 7) is 6.68. The molecule has 0 saturated carbocycles. The van der Waals surface area contributed by atoms with Crippen LogP contribution in [-0.4, -0.2) is 37.2 Å². The molecule has 466 valence electrons. The van der Waals surface area contributed by atoms with Crippen LogP contribution in [-0.2, 0) is 28.6 Å². The van der Waals surface area contributed by atoms with Gasteiger partial charge < -0.3 is 14.2 Å². The predicted octanol–water partition coefficient (Wildman–Crippen LogP) is 24.6. The van der Waals surface area contributed by atoms with E-state index in [1.807, 2.05) is 0 Å². The largest absolute Gasteiger partial charge is 0.462 e. The van der Waals surface area contributed by atoms with Gasteiger partial charge in [0.2, 0.25) is 0 Å². The fourth-order valence-corrected chi connectivity index (χ4v) is 11.1. The van der Waals surface area contributed by atoms with Crippen molar-refractivity contribution >= 4 is 17.9 Å². The first-order valence-electron chi connectivity index (χ1n) is 35.8. The normalized spacial score (nSPS) is 12.1. The van der Waals surface area contributed by atoms with Gasteiger partial charge in [-0.1, -0.05) is 366 Å². The highest BCUT2D eigenvalue weighted by Gasteiger charge is 2.19. The van der Waals surface area contributed by atoms with Gasteiger partial charge in [0.15, 0.2) is 6.10 Å². The summed E-state index contributed by atoms with van der Waals surface area (Å²) in [4.78, 5) is 38.4. The van der Waals surface area contributed by atoms with E-state index < -0.39 is 6.10 Å². The van der Waals surface area contributed by atoms with E-state index in [2.05, 4.69) is 45.1 Å². The molecule has 0 fully saturated rings. The van der Waals surface area contributed by atoms with E-state index >= 15 is 0 Å². The van der Waals surface area contributed by atoms with Gasteiger partial charge in [-0.25, -0.2) is 0 Å². The lowest BCUT2D eigenvalue weighted by atomic mass is 10.0. The van der Waals surface area contributed by atoms with E-state index in [4.69, 9.17) is 14.2 Å². The molecule has 0 rings (SSSR count). The molecular weight excluding hydrogens is 973 g/mol. The number of hydrogen-bond donors (Lipinski definition) is 0. The number of esters is 3. The minimum Gasteiger partial charge on any atom is -0.462 e. The van der Waals surface area contributed by atoms with Crippen LogP contribution in [0.25, 0.3) is 0 Å². The van der Waals surface area contributed by atoms with E-state index in [0.29, 0.717) is 19.3 Å². The lowest BCUT2D eigenvalue weighted by Gasteiger charge is -2.18. The Morgan fingerprint density at radius 3 is 0.734 bits per heavy atom. The van der Waals surface area contributed by atoms with E-state index in [0.717, 1.165) is 77.0 Å². The van der Waals surface area contributed by atoms with Crippen molar-refractivity contribution in [3.63, 3.8) is 0 Å². The number of carbonyl (C=O) groups is 3. The Labute approximate surface area is 493 Å². The van der Waals surface area contributed by atoms with E-state index in [1.165, 1.54) is 289 Å². The van der Waals surface area contributed by atoms with Crippen LogP contribution in [0.1, 0.15) is 406 Å². The quantitative estimate of drug-likeness (QED) is 0.0261. The predicted molar refractivity (Wildman–Crippen MR) is 344 cm³/mol. The van der Waals surface area contributed by atoms with Gasteiger partial charge in [0.05, 0.1) is 0 Å². The van der Waals surface area contributed by atoms with Crippen molar-refractivity contribution < 1.29 is 28.6 Å². The third kappa shape index (κ3) is 66.6. The minimum absolute atomic E-state index is 0.0692. The Kier molecular flexibility index (Phi) is 66.6. The highest BCUT2D eigenvalue weighted by atomic mass is 16.6. The zero-order valence-electron chi connectivity index (χ0n) is 53.7. The molecule has 6 heteroatoms. The van der Waals surface area contributed by atoms with Gasteiger partial charge in [0.1, 0.15) is 13.2 Å². The van der Waals surface area contributed by atoms with E-state index in [1.54, 1.807) is 0 Å². The van der Waals surface area contributed by atoms with Crippen molar-refractivity contribution in [3.8, 4) is 0 Å². The van der Waals surface area contributed by atoms with Gasteiger partial charge in [-0.15, -0.1) is 0 Å². The van der Waals surface area contributed by atoms with Gasteiger partial charge in [0, 0.05) is 19.3 Å². The second-order valence-corrected chi connectivity index (χ2v) is 24.5. The van der Waals surface area contributed by atoms with Crippen molar-refractivity contribution in [2.24, 2.45) is 0 Å². The fourth-order valence-electron chi connectivity index (χ4n) is 11.1. The Morgan fingerprint density at radius 2 is 0.468 bits per heavy atom. The Morgan fingerprint density at radius 1 is 0.253 bits per heavy atom. The summed E-state index contributed by atoms with van der Waals surface area (Å²) >= 11 is 0. The molecule has 1 unspecified atom stereocenters. The summed E-state index contributed by atoms with van der Waals surface area (Å²) in [5, 5.41) is 0. The third-order valence-corrected chi connectivity index (χ3v) is 16.5. The second kappa shape index (κ2) is 68.4. The maximum absolute atomic E-state index is 12.9. The summed E-state index contributed by atoms with van der Waals surface area (Å²) in [6.07, 6.45) is 83.6. The zero-order chi connectivity index (χ0) is 57.1. The molecule has 0 heterocycles. The molecule has 6 nitrogen and oxygen atoms in total. The molecule has 0 spiro atoms. The van der Waals surface area contributed by atoms with Crippen molar-refractivity contribution in [3.05, 3.63) is 24.3 Å². The maximum atomic E-state index is 12.9. The van der Waals surface area contributed by atoms with Gasteiger partial charge in [-0.05, 0) is 44.9 Å². The number of allylic oxidation sites excluding steroid dienone is 4. The maximum Gasteiger partial charge on any atom is 0.306 e. The van der Waals surface area contributed by atoms with Crippen LogP contribution in [0.5, 0.6) is 0 Å². The van der Waals surface area contributed by atoms with Gasteiger partial charge >= 0.3 is 17.9 Å². The van der Waals surface area contributed by atoms with Crippen LogP contribution in [0.4, 0.5) is 0 Å². The highest BCUT2D eigenvalue weighted by molar-refractivity contribution is 5.71. The average molecular weight is 1110 g/mol. The van der Waals surface area contributed by atoms with Crippen molar-refractivity contribution in [2.75, 3.05) is 13.2 Å². The van der Waals surface area contributed by atoms with Crippen LogP contribution < -0.4 is 0 Å². The zero-order valence-corrected chi connectivity index (χ0v) is 53.7. The number of rotatable bonds is 67. The molecule has 0 N–H and O–H groups in total. The van der Waals surface area contributed by atoms with Crippen LogP contribution in [0.15, 0.2) is 24.3 Å². The molecule has 0 aromatic carbocycles. The van der Waals surface area contributed by atoms with Crippen molar-refractivity contribution in [1.82, 2.24) is 0 Å². The number of ether oxygens (including phenoxy) is 3. The lowest BCUT2D eigenvalue weighted by molar-refractivity contribution is -0.167.